The molecule has 160 valence electrons. The summed E-state index contributed by atoms with van der Waals surface area (Å²) in [5, 5.41) is 2.97. The lowest BCUT2D eigenvalue weighted by Gasteiger charge is -2.27. The topological polar surface area (TPSA) is 66.5 Å². The van der Waals surface area contributed by atoms with Crippen LogP contribution >= 0.6 is 0 Å². The molecule has 31 heavy (non-hydrogen) atoms. The fourth-order valence-corrected chi connectivity index (χ4v) is 5.92. The molecule has 0 spiro atoms. The third-order valence-corrected chi connectivity index (χ3v) is 7.62. The minimum absolute atomic E-state index is 0.140. The van der Waals surface area contributed by atoms with Crippen molar-refractivity contribution in [2.75, 3.05) is 5.32 Å². The first-order chi connectivity index (χ1) is 14.9. The number of nitrogens with zero attached hydrogens (tertiary/aromatic N) is 1. The molecule has 2 saturated carbocycles. The lowest BCUT2D eigenvalue weighted by molar-refractivity contribution is -0.147. The van der Waals surface area contributed by atoms with Gasteiger partial charge in [0, 0.05) is 12.1 Å². The van der Waals surface area contributed by atoms with E-state index in [1.807, 2.05) is 62.4 Å². The number of likely N-dealkylation sites (tertiary alicyclic amines) is 1. The molecule has 5 nitrogen and oxygen atoms in total. The van der Waals surface area contributed by atoms with Crippen molar-refractivity contribution in [3.63, 3.8) is 0 Å². The summed E-state index contributed by atoms with van der Waals surface area (Å²) < 4.78 is 0. The molecular formula is C26H28N2O3. The Hall–Kier alpha value is -2.95. The Balaban J connectivity index is 1.45. The molecule has 5 atom stereocenters. The summed E-state index contributed by atoms with van der Waals surface area (Å²) in [6.45, 7) is 4.02. The molecule has 2 aliphatic carbocycles. The van der Waals surface area contributed by atoms with Crippen molar-refractivity contribution in [2.45, 2.75) is 45.6 Å². The van der Waals surface area contributed by atoms with E-state index in [0.29, 0.717) is 23.9 Å². The van der Waals surface area contributed by atoms with Crippen LogP contribution in [0.3, 0.4) is 0 Å². The van der Waals surface area contributed by atoms with Gasteiger partial charge in [0.05, 0.1) is 11.8 Å². The Labute approximate surface area is 182 Å². The van der Waals surface area contributed by atoms with Crippen LogP contribution in [0.25, 0.3) is 0 Å². The predicted molar refractivity (Wildman–Crippen MR) is 118 cm³/mol. The Morgan fingerprint density at radius 2 is 1.61 bits per heavy atom. The third kappa shape index (κ3) is 3.36. The van der Waals surface area contributed by atoms with Crippen LogP contribution < -0.4 is 5.32 Å². The molecule has 2 bridgehead atoms. The monoisotopic (exact) mass is 416 g/mol. The largest absolute Gasteiger partial charge is 0.324 e. The van der Waals surface area contributed by atoms with Crippen LogP contribution in [0, 0.1) is 37.5 Å². The lowest BCUT2D eigenvalue weighted by Crippen LogP contribution is -2.49. The molecule has 3 fully saturated rings. The molecule has 3 amide bonds. The molecule has 5 rings (SSSR count). The summed E-state index contributed by atoms with van der Waals surface area (Å²) >= 11 is 0. The van der Waals surface area contributed by atoms with Gasteiger partial charge in [-0.1, -0.05) is 36.4 Å². The quantitative estimate of drug-likeness (QED) is 0.752. The molecule has 1 saturated heterocycles. The molecule has 5 heteroatoms. The molecule has 2 aromatic carbocycles. The minimum atomic E-state index is -0.839. The molecule has 3 aliphatic rings. The van der Waals surface area contributed by atoms with E-state index in [9.17, 15) is 14.4 Å². The van der Waals surface area contributed by atoms with Crippen LogP contribution in [-0.2, 0) is 20.8 Å². The molecular weight excluding hydrogens is 388 g/mol. The molecule has 1 aliphatic heterocycles. The van der Waals surface area contributed by atoms with Crippen molar-refractivity contribution in [3.8, 4) is 0 Å². The van der Waals surface area contributed by atoms with Crippen LogP contribution in [0.5, 0.6) is 0 Å². The minimum Gasteiger partial charge on any atom is -0.324 e. The van der Waals surface area contributed by atoms with E-state index >= 15 is 0 Å². The zero-order valence-corrected chi connectivity index (χ0v) is 18.0. The number of fused-ring (bicyclic) bond motifs is 5. The van der Waals surface area contributed by atoms with Gasteiger partial charge < -0.3 is 5.32 Å². The van der Waals surface area contributed by atoms with Crippen LogP contribution in [0.4, 0.5) is 5.69 Å². The van der Waals surface area contributed by atoms with Gasteiger partial charge in [-0.05, 0) is 73.8 Å². The average Bonchev–Trinajstić information content (AvgIpc) is 3.44. The summed E-state index contributed by atoms with van der Waals surface area (Å²) in [4.78, 5) is 41.5. The molecule has 0 unspecified atom stereocenters. The average molecular weight is 417 g/mol. The van der Waals surface area contributed by atoms with E-state index in [2.05, 4.69) is 5.32 Å². The number of amides is 3. The molecule has 1 heterocycles. The lowest BCUT2D eigenvalue weighted by atomic mass is 9.81. The smallest absolute Gasteiger partial charge is 0.248 e. The van der Waals surface area contributed by atoms with Crippen LogP contribution in [0.1, 0.15) is 36.0 Å². The van der Waals surface area contributed by atoms with Gasteiger partial charge in [0.1, 0.15) is 6.04 Å². The highest BCUT2D eigenvalue weighted by atomic mass is 16.2. The summed E-state index contributed by atoms with van der Waals surface area (Å²) in [7, 11) is 0. The number of aryl methyl sites for hydroxylation is 2. The zero-order chi connectivity index (χ0) is 21.7. The highest BCUT2D eigenvalue weighted by molar-refractivity contribution is 6.10. The van der Waals surface area contributed by atoms with Gasteiger partial charge in [-0.25, -0.2) is 0 Å². The maximum atomic E-state index is 13.4. The van der Waals surface area contributed by atoms with Gasteiger partial charge in [0.15, 0.2) is 0 Å². The Bertz CT molecular complexity index is 1020. The number of rotatable bonds is 5. The summed E-state index contributed by atoms with van der Waals surface area (Å²) in [6, 6.07) is 14.5. The van der Waals surface area contributed by atoms with Crippen LogP contribution in [0.2, 0.25) is 0 Å². The molecule has 2 aromatic rings. The van der Waals surface area contributed by atoms with Gasteiger partial charge >= 0.3 is 0 Å². The maximum Gasteiger partial charge on any atom is 0.248 e. The number of carbonyl (C=O) groups excluding carboxylic acids is 3. The van der Waals surface area contributed by atoms with Crippen molar-refractivity contribution in [3.05, 3.63) is 65.2 Å². The molecule has 0 radical (unpaired) electrons. The standard InChI is InChI=1S/C26H28N2O3/c1-15-8-11-20(12-16(15)2)27-24(29)21(13-17-6-4-3-5-7-17)28-25(30)22-18-9-10-19(14-18)23(22)26(28)31/h3-8,11-12,18-19,21-23H,9-10,13-14H2,1-2H3,(H,27,29)/t18-,19-,21+,22+,23+/m1/s1. The fourth-order valence-electron chi connectivity index (χ4n) is 5.92. The highest BCUT2D eigenvalue weighted by Crippen LogP contribution is 2.56. The van der Waals surface area contributed by atoms with E-state index in [-0.39, 0.29) is 29.6 Å². The second-order valence-electron chi connectivity index (χ2n) is 9.43. The Morgan fingerprint density at radius 3 is 2.23 bits per heavy atom. The fraction of sp³-hybridized carbons (Fsp3) is 0.423. The summed E-state index contributed by atoms with van der Waals surface area (Å²) in [6.07, 6.45) is 3.36. The van der Waals surface area contributed by atoms with E-state index in [1.54, 1.807) is 0 Å². The maximum absolute atomic E-state index is 13.4. The number of anilines is 1. The van der Waals surface area contributed by atoms with Gasteiger partial charge in [-0.15, -0.1) is 0 Å². The highest BCUT2D eigenvalue weighted by Gasteiger charge is 2.62. The van der Waals surface area contributed by atoms with Gasteiger partial charge in [0.2, 0.25) is 17.7 Å². The first-order valence-electron chi connectivity index (χ1n) is 11.2. The third-order valence-electron chi connectivity index (χ3n) is 7.62. The molecule has 0 aromatic heterocycles. The predicted octanol–water partition coefficient (Wildman–Crippen LogP) is 3.88. The number of imide groups is 1. The molecule has 1 N–H and O–H groups in total. The zero-order valence-electron chi connectivity index (χ0n) is 18.0. The van der Waals surface area contributed by atoms with E-state index in [4.69, 9.17) is 0 Å². The SMILES string of the molecule is Cc1ccc(NC(=O)[C@H](Cc2ccccc2)N2C(=O)[C@H]3[C@@H]4CC[C@H](C4)[C@@H]3C2=O)cc1C. The van der Waals surface area contributed by atoms with E-state index in [0.717, 1.165) is 36.0 Å². The number of hydrogen-bond donors (Lipinski definition) is 1. The number of benzene rings is 2. The Morgan fingerprint density at radius 1 is 0.968 bits per heavy atom. The number of nitrogens with one attached hydrogen (secondary N) is 1. The summed E-state index contributed by atoms with van der Waals surface area (Å²) in [5.74, 6) is -0.427. The van der Waals surface area contributed by atoms with Crippen molar-refractivity contribution in [1.29, 1.82) is 0 Å². The van der Waals surface area contributed by atoms with Crippen molar-refractivity contribution < 1.29 is 14.4 Å². The van der Waals surface area contributed by atoms with Crippen molar-refractivity contribution in [2.24, 2.45) is 23.7 Å². The summed E-state index contributed by atoms with van der Waals surface area (Å²) in [5.41, 5.74) is 3.85. The first-order valence-corrected chi connectivity index (χ1v) is 11.2. The second kappa shape index (κ2) is 7.63. The van der Waals surface area contributed by atoms with Gasteiger partial charge in [0.25, 0.3) is 0 Å². The van der Waals surface area contributed by atoms with Gasteiger partial charge in [-0.2, -0.15) is 0 Å². The van der Waals surface area contributed by atoms with E-state index in [1.165, 1.54) is 4.90 Å². The second-order valence-corrected chi connectivity index (χ2v) is 9.43. The Kier molecular flexibility index (Phi) is 4.92. The van der Waals surface area contributed by atoms with E-state index < -0.39 is 6.04 Å². The van der Waals surface area contributed by atoms with Crippen molar-refractivity contribution in [1.82, 2.24) is 4.90 Å². The normalized spacial score (nSPS) is 27.5. The van der Waals surface area contributed by atoms with Gasteiger partial charge in [-0.3, -0.25) is 19.3 Å². The number of carbonyl (C=O) groups is 3. The van der Waals surface area contributed by atoms with Crippen LogP contribution in [0.15, 0.2) is 48.5 Å². The van der Waals surface area contributed by atoms with Crippen molar-refractivity contribution >= 4 is 23.4 Å². The number of hydrogen-bond acceptors (Lipinski definition) is 3. The first kappa shape index (κ1) is 20.0. The van der Waals surface area contributed by atoms with Crippen LogP contribution in [-0.4, -0.2) is 28.7 Å².